The van der Waals surface area contributed by atoms with Crippen molar-refractivity contribution >= 4 is 40.5 Å². The van der Waals surface area contributed by atoms with Crippen LogP contribution in [-0.2, 0) is 0 Å². The minimum absolute atomic E-state index is 0.113. The van der Waals surface area contributed by atoms with Crippen molar-refractivity contribution in [2.45, 2.75) is 13.0 Å². The first-order valence-electron chi connectivity index (χ1n) is 8.06. The summed E-state index contributed by atoms with van der Waals surface area (Å²) in [7, 11) is 0. The molecule has 3 aromatic rings. The molecule has 6 heteroatoms. The maximum Gasteiger partial charge on any atom is 0.253 e. The summed E-state index contributed by atoms with van der Waals surface area (Å²) in [4.78, 5) is 16.7. The van der Waals surface area contributed by atoms with Crippen LogP contribution in [0.2, 0.25) is 10.0 Å². The van der Waals surface area contributed by atoms with Crippen molar-refractivity contribution in [3.63, 3.8) is 0 Å². The zero-order chi connectivity index (χ0) is 18.5. The number of carbonyl (C=O) groups is 1. The number of benzene rings is 2. The third-order valence-electron chi connectivity index (χ3n) is 3.88. The second-order valence-corrected chi connectivity index (χ2v) is 6.60. The van der Waals surface area contributed by atoms with Crippen molar-refractivity contribution in [3.05, 3.63) is 88.2 Å². The van der Waals surface area contributed by atoms with Gasteiger partial charge in [-0.1, -0.05) is 59.6 Å². The first-order valence-corrected chi connectivity index (χ1v) is 8.82. The molecule has 0 saturated heterocycles. The van der Waals surface area contributed by atoms with Gasteiger partial charge in [-0.15, -0.1) is 0 Å². The summed E-state index contributed by atoms with van der Waals surface area (Å²) in [5, 5.41) is 7.06. The van der Waals surface area contributed by atoms with Gasteiger partial charge in [-0.3, -0.25) is 9.78 Å². The molecule has 1 amide bonds. The Labute approximate surface area is 162 Å². The van der Waals surface area contributed by atoms with Crippen LogP contribution in [0.3, 0.4) is 0 Å². The van der Waals surface area contributed by atoms with Gasteiger partial charge < -0.3 is 10.6 Å². The molecule has 0 aliphatic carbocycles. The Kier molecular flexibility index (Phi) is 5.76. The third-order valence-corrected chi connectivity index (χ3v) is 4.51. The smallest absolute Gasteiger partial charge is 0.253 e. The summed E-state index contributed by atoms with van der Waals surface area (Å²) < 4.78 is 0. The number of hydrogen-bond acceptors (Lipinski definition) is 3. The van der Waals surface area contributed by atoms with Crippen molar-refractivity contribution in [3.8, 4) is 0 Å². The molecule has 2 N–H and O–H groups in total. The average Bonchev–Trinajstić information content (AvgIpc) is 2.66. The zero-order valence-corrected chi connectivity index (χ0v) is 15.6. The van der Waals surface area contributed by atoms with Gasteiger partial charge in [-0.25, -0.2) is 0 Å². The first-order chi connectivity index (χ1) is 12.5. The summed E-state index contributed by atoms with van der Waals surface area (Å²) >= 11 is 12.3. The predicted octanol–water partition coefficient (Wildman–Crippen LogP) is 5.62. The van der Waals surface area contributed by atoms with Crippen molar-refractivity contribution in [1.82, 2.24) is 10.3 Å². The molecular formula is C20H17Cl2N3O. The molecule has 0 aliphatic heterocycles. The predicted molar refractivity (Wildman–Crippen MR) is 106 cm³/mol. The fourth-order valence-corrected chi connectivity index (χ4v) is 2.99. The van der Waals surface area contributed by atoms with Gasteiger partial charge in [0.1, 0.15) is 0 Å². The van der Waals surface area contributed by atoms with E-state index >= 15 is 0 Å². The molecule has 1 atom stereocenters. The molecule has 1 aromatic heterocycles. The van der Waals surface area contributed by atoms with E-state index in [9.17, 15) is 4.79 Å². The lowest BCUT2D eigenvalue weighted by Gasteiger charge is -2.15. The van der Waals surface area contributed by atoms with Crippen molar-refractivity contribution in [1.29, 1.82) is 0 Å². The molecule has 0 saturated carbocycles. The van der Waals surface area contributed by atoms with Gasteiger partial charge in [0.25, 0.3) is 5.91 Å². The summed E-state index contributed by atoms with van der Waals surface area (Å²) in [5.74, 6) is -0.206. The lowest BCUT2D eigenvalue weighted by Crippen LogP contribution is -2.26. The van der Waals surface area contributed by atoms with E-state index in [0.717, 1.165) is 5.56 Å². The first kappa shape index (κ1) is 18.2. The molecule has 0 bridgehead atoms. The summed E-state index contributed by atoms with van der Waals surface area (Å²) in [6.45, 7) is 1.94. The Morgan fingerprint density at radius 1 is 1.00 bits per heavy atom. The lowest BCUT2D eigenvalue weighted by molar-refractivity contribution is 0.0939. The molecule has 0 radical (unpaired) electrons. The van der Waals surface area contributed by atoms with Gasteiger partial charge in [0.2, 0.25) is 0 Å². The van der Waals surface area contributed by atoms with Crippen molar-refractivity contribution < 1.29 is 4.79 Å². The van der Waals surface area contributed by atoms with E-state index in [2.05, 4.69) is 15.6 Å². The molecule has 0 fully saturated rings. The van der Waals surface area contributed by atoms with Gasteiger partial charge in [0.05, 0.1) is 39.2 Å². The number of anilines is 2. The quantitative estimate of drug-likeness (QED) is 0.598. The van der Waals surface area contributed by atoms with Crippen LogP contribution in [0.5, 0.6) is 0 Å². The molecular weight excluding hydrogens is 369 g/mol. The van der Waals surface area contributed by atoms with Crippen LogP contribution in [0.1, 0.15) is 28.9 Å². The topological polar surface area (TPSA) is 54.0 Å². The second-order valence-electron chi connectivity index (χ2n) is 5.79. The highest BCUT2D eigenvalue weighted by Crippen LogP contribution is 2.32. The Balaban J connectivity index is 1.75. The summed E-state index contributed by atoms with van der Waals surface area (Å²) in [5.41, 5.74) is 2.68. The van der Waals surface area contributed by atoms with Gasteiger partial charge >= 0.3 is 0 Å². The van der Waals surface area contributed by atoms with Crippen LogP contribution >= 0.6 is 23.2 Å². The van der Waals surface area contributed by atoms with E-state index in [4.69, 9.17) is 23.2 Å². The molecule has 0 spiro atoms. The summed E-state index contributed by atoms with van der Waals surface area (Å²) in [6, 6.07) is 16.6. The van der Waals surface area contributed by atoms with E-state index < -0.39 is 0 Å². The number of pyridine rings is 1. The molecule has 3 rings (SSSR count). The lowest BCUT2D eigenvalue weighted by atomic mass is 10.1. The SMILES string of the molecule is CC(NC(=O)c1cncc(Nc2c(Cl)cccc2Cl)c1)c1ccccc1. The number of hydrogen-bond donors (Lipinski definition) is 2. The number of amides is 1. The molecule has 0 aliphatic rings. The number of nitrogens with zero attached hydrogens (tertiary/aromatic N) is 1. The molecule has 2 aromatic carbocycles. The minimum atomic E-state index is -0.206. The van der Waals surface area contributed by atoms with E-state index in [1.54, 1.807) is 30.5 Å². The Morgan fingerprint density at radius 3 is 2.38 bits per heavy atom. The van der Waals surface area contributed by atoms with Gasteiger partial charge in [-0.05, 0) is 30.7 Å². The van der Waals surface area contributed by atoms with E-state index in [-0.39, 0.29) is 11.9 Å². The van der Waals surface area contributed by atoms with Crippen molar-refractivity contribution in [2.24, 2.45) is 0 Å². The molecule has 26 heavy (non-hydrogen) atoms. The van der Waals surface area contributed by atoms with Crippen LogP contribution < -0.4 is 10.6 Å². The largest absolute Gasteiger partial charge is 0.352 e. The molecule has 1 heterocycles. The maximum absolute atomic E-state index is 12.5. The highest BCUT2D eigenvalue weighted by Gasteiger charge is 2.13. The standard InChI is InChI=1S/C20H17Cl2N3O/c1-13(14-6-3-2-4-7-14)24-20(26)15-10-16(12-23-11-15)25-19-17(21)8-5-9-18(19)22/h2-13,25H,1H3,(H,24,26). The number of rotatable bonds is 5. The van der Waals surface area contributed by atoms with Crippen LogP contribution in [-0.4, -0.2) is 10.9 Å². The highest BCUT2D eigenvalue weighted by molar-refractivity contribution is 6.39. The number of carbonyl (C=O) groups excluding carboxylic acids is 1. The Bertz CT molecular complexity index is 896. The normalized spacial score (nSPS) is 11.7. The van der Waals surface area contributed by atoms with Gasteiger partial charge in [0.15, 0.2) is 0 Å². The maximum atomic E-state index is 12.5. The van der Waals surface area contributed by atoms with E-state index in [1.165, 1.54) is 6.20 Å². The average molecular weight is 386 g/mol. The fraction of sp³-hybridized carbons (Fsp3) is 0.100. The van der Waals surface area contributed by atoms with E-state index in [1.807, 2.05) is 37.3 Å². The van der Waals surface area contributed by atoms with Gasteiger partial charge in [-0.2, -0.15) is 0 Å². The number of nitrogens with one attached hydrogen (secondary N) is 2. The Hall–Kier alpha value is -2.56. The third kappa shape index (κ3) is 4.34. The fourth-order valence-electron chi connectivity index (χ4n) is 2.50. The zero-order valence-electron chi connectivity index (χ0n) is 14.0. The van der Waals surface area contributed by atoms with E-state index in [0.29, 0.717) is 27.0 Å². The molecule has 4 nitrogen and oxygen atoms in total. The van der Waals surface area contributed by atoms with Crippen LogP contribution in [0.4, 0.5) is 11.4 Å². The van der Waals surface area contributed by atoms with Crippen LogP contribution in [0.25, 0.3) is 0 Å². The van der Waals surface area contributed by atoms with Crippen molar-refractivity contribution in [2.75, 3.05) is 5.32 Å². The van der Waals surface area contributed by atoms with Gasteiger partial charge in [0, 0.05) is 6.20 Å². The number of para-hydroxylation sites is 1. The van der Waals surface area contributed by atoms with Crippen LogP contribution in [0, 0.1) is 0 Å². The molecule has 1 unspecified atom stereocenters. The second kappa shape index (κ2) is 8.21. The van der Waals surface area contributed by atoms with Crippen LogP contribution in [0.15, 0.2) is 67.0 Å². The highest BCUT2D eigenvalue weighted by atomic mass is 35.5. The minimum Gasteiger partial charge on any atom is -0.352 e. The Morgan fingerprint density at radius 2 is 1.69 bits per heavy atom. The molecule has 132 valence electrons. The number of aromatic nitrogens is 1. The number of halogens is 2. The summed E-state index contributed by atoms with van der Waals surface area (Å²) in [6.07, 6.45) is 3.13. The monoisotopic (exact) mass is 385 g/mol.